The molecule has 1 atom stereocenters. The molecular formula is C21H25N2O5S2+. The lowest BCUT2D eigenvalue weighted by molar-refractivity contribution is 0.480. The van der Waals surface area contributed by atoms with Crippen molar-refractivity contribution in [3.8, 4) is 11.5 Å². The Morgan fingerprint density at radius 3 is 2.03 bits per heavy atom. The van der Waals surface area contributed by atoms with Crippen LogP contribution in [0.25, 0.3) is 0 Å². The third kappa shape index (κ3) is 4.34. The molecule has 9 heteroatoms. The first-order valence-electron chi connectivity index (χ1n) is 9.39. The van der Waals surface area contributed by atoms with Gasteiger partial charge in [-0.2, -0.15) is 12.3 Å². The van der Waals surface area contributed by atoms with Gasteiger partial charge in [-0.1, -0.05) is 6.08 Å². The van der Waals surface area contributed by atoms with Gasteiger partial charge in [-0.05, 0) is 49.4 Å². The highest BCUT2D eigenvalue weighted by atomic mass is 32.2. The number of rotatable bonds is 7. The second kappa shape index (κ2) is 8.35. The number of nitrogens with two attached hydrogens (primary N) is 1. The average molecular weight is 450 g/mol. The van der Waals surface area contributed by atoms with Gasteiger partial charge in [0.05, 0.1) is 10.6 Å². The van der Waals surface area contributed by atoms with E-state index in [9.17, 15) is 16.8 Å². The van der Waals surface area contributed by atoms with Crippen LogP contribution in [0.15, 0.2) is 77.4 Å². The highest BCUT2D eigenvalue weighted by molar-refractivity contribution is 7.91. The van der Waals surface area contributed by atoms with Crippen molar-refractivity contribution in [3.05, 3.63) is 72.5 Å². The Balaban J connectivity index is 1.91. The fourth-order valence-electron chi connectivity index (χ4n) is 3.27. The van der Waals surface area contributed by atoms with Crippen LogP contribution in [0.5, 0.6) is 11.5 Å². The predicted molar refractivity (Wildman–Crippen MR) is 118 cm³/mol. The molecule has 1 aliphatic heterocycles. The summed E-state index contributed by atoms with van der Waals surface area (Å²) in [6.45, 7) is 2.16. The minimum absolute atomic E-state index is 0.0138. The molecule has 2 N–H and O–H groups in total. The first-order chi connectivity index (χ1) is 14.1. The first-order valence-corrected chi connectivity index (χ1v) is 12.9. The van der Waals surface area contributed by atoms with Crippen molar-refractivity contribution in [1.82, 2.24) is 3.89 Å². The number of sulfone groups is 1. The van der Waals surface area contributed by atoms with Gasteiger partial charge in [-0.25, -0.2) is 8.42 Å². The molecule has 0 saturated heterocycles. The van der Waals surface area contributed by atoms with Crippen LogP contribution in [0.1, 0.15) is 6.92 Å². The molecule has 0 amide bonds. The van der Waals surface area contributed by atoms with Gasteiger partial charge in [0, 0.05) is 30.5 Å². The van der Waals surface area contributed by atoms with Gasteiger partial charge in [0.1, 0.15) is 24.2 Å². The Labute approximate surface area is 177 Å². The topological polar surface area (TPSA) is 104 Å². The summed E-state index contributed by atoms with van der Waals surface area (Å²) >= 11 is 0. The predicted octanol–water partition coefficient (Wildman–Crippen LogP) is 2.95. The van der Waals surface area contributed by atoms with E-state index in [2.05, 4.69) is 0 Å². The molecule has 0 spiro atoms. The molecule has 30 heavy (non-hydrogen) atoms. The van der Waals surface area contributed by atoms with E-state index in [1.165, 1.54) is 12.1 Å². The Bertz CT molecular complexity index is 1180. The molecule has 0 bridgehead atoms. The number of hydrogen-bond donors (Lipinski definition) is 1. The zero-order chi connectivity index (χ0) is 22.0. The minimum Gasteiger partial charge on any atom is -0.457 e. The largest absolute Gasteiger partial charge is 0.457 e. The Morgan fingerprint density at radius 1 is 0.967 bits per heavy atom. The molecule has 7 nitrogen and oxygen atoms in total. The van der Waals surface area contributed by atoms with Gasteiger partial charge in [-0.15, -0.1) is 0 Å². The van der Waals surface area contributed by atoms with Crippen LogP contribution >= 0.6 is 0 Å². The van der Waals surface area contributed by atoms with Crippen LogP contribution in [-0.4, -0.2) is 41.9 Å². The lowest BCUT2D eigenvalue weighted by atomic mass is 10.2. The average Bonchev–Trinajstić information content (AvgIpc) is 2.74. The number of benzene rings is 2. The van der Waals surface area contributed by atoms with E-state index in [0.717, 1.165) is 11.8 Å². The van der Waals surface area contributed by atoms with E-state index in [0.29, 0.717) is 17.2 Å². The summed E-state index contributed by atoms with van der Waals surface area (Å²) in [5, 5.41) is 0. The standard InChI is InChI=1S/C21H25N2O5S2/c1-3-30(26,27)23(14-4-5-17(15-22)16-23)18-6-8-19(9-7-18)28-20-10-12-21(13-11-20)29(2,24)25/h4-13,16H,3,14-15,22H2,1-2H3/q+1. The van der Waals surface area contributed by atoms with Crippen molar-refractivity contribution in [1.29, 1.82) is 0 Å². The van der Waals surface area contributed by atoms with Crippen LogP contribution in [0.4, 0.5) is 5.69 Å². The zero-order valence-electron chi connectivity index (χ0n) is 16.9. The van der Waals surface area contributed by atoms with E-state index in [1.807, 2.05) is 12.2 Å². The number of quaternary nitrogens is 1. The van der Waals surface area contributed by atoms with Crippen LogP contribution in [0, 0.1) is 0 Å². The van der Waals surface area contributed by atoms with Gasteiger partial charge in [0.25, 0.3) is 0 Å². The molecule has 0 aliphatic carbocycles. The molecule has 3 rings (SSSR count). The Morgan fingerprint density at radius 2 is 1.53 bits per heavy atom. The van der Waals surface area contributed by atoms with Crippen molar-refractivity contribution in [2.45, 2.75) is 11.8 Å². The van der Waals surface area contributed by atoms with E-state index >= 15 is 0 Å². The maximum absolute atomic E-state index is 13.0. The molecule has 1 aliphatic rings. The summed E-state index contributed by atoms with van der Waals surface area (Å²) < 4.78 is 54.6. The summed E-state index contributed by atoms with van der Waals surface area (Å²) in [5.41, 5.74) is 7.10. The zero-order valence-corrected chi connectivity index (χ0v) is 18.5. The summed E-state index contributed by atoms with van der Waals surface area (Å²) in [4.78, 5) is 0.210. The summed E-state index contributed by atoms with van der Waals surface area (Å²) in [6.07, 6.45) is 6.51. The minimum atomic E-state index is -3.51. The number of sulfonamides is 1. The highest BCUT2D eigenvalue weighted by Gasteiger charge is 2.42. The van der Waals surface area contributed by atoms with Crippen LogP contribution in [-0.2, 0) is 19.9 Å². The third-order valence-corrected chi connectivity index (χ3v) is 8.26. The molecule has 1 unspecified atom stereocenters. The monoisotopic (exact) mass is 449 g/mol. The number of hydrogen-bond acceptors (Lipinski definition) is 6. The smallest absolute Gasteiger partial charge is 0.306 e. The Hall–Kier alpha value is -2.46. The molecule has 0 aromatic heterocycles. The molecule has 160 valence electrons. The molecule has 1 heterocycles. The van der Waals surface area contributed by atoms with Gasteiger partial charge in [0.15, 0.2) is 15.5 Å². The van der Waals surface area contributed by atoms with Gasteiger partial charge in [0.2, 0.25) is 0 Å². The third-order valence-electron chi connectivity index (χ3n) is 4.94. The first kappa shape index (κ1) is 22.2. The molecule has 0 saturated carbocycles. The van der Waals surface area contributed by atoms with Crippen molar-refractivity contribution < 1.29 is 21.6 Å². The van der Waals surface area contributed by atoms with E-state index in [1.54, 1.807) is 49.5 Å². The summed E-state index contributed by atoms with van der Waals surface area (Å²) in [6, 6.07) is 12.9. The summed E-state index contributed by atoms with van der Waals surface area (Å²) in [5.74, 6) is 0.972. The lowest BCUT2D eigenvalue weighted by Gasteiger charge is -2.34. The highest BCUT2D eigenvalue weighted by Crippen LogP contribution is 2.34. The quantitative estimate of drug-likeness (QED) is 0.652. The van der Waals surface area contributed by atoms with E-state index in [-0.39, 0.29) is 27.6 Å². The normalized spacial score (nSPS) is 19.4. The van der Waals surface area contributed by atoms with Crippen molar-refractivity contribution >= 4 is 25.5 Å². The van der Waals surface area contributed by atoms with Gasteiger partial charge < -0.3 is 10.5 Å². The van der Waals surface area contributed by atoms with Crippen LogP contribution in [0.3, 0.4) is 0 Å². The fraction of sp³-hybridized carbons (Fsp3) is 0.238. The van der Waals surface area contributed by atoms with Crippen LogP contribution < -0.4 is 14.4 Å². The van der Waals surface area contributed by atoms with Crippen LogP contribution in [0.2, 0.25) is 0 Å². The second-order valence-electron chi connectivity index (χ2n) is 7.00. The molecule has 2 aromatic carbocycles. The molecule has 2 aromatic rings. The fourth-order valence-corrected chi connectivity index (χ4v) is 5.41. The molecule has 0 fully saturated rings. The van der Waals surface area contributed by atoms with Gasteiger partial charge in [-0.3, -0.25) is 0 Å². The SMILES string of the molecule is CCS(=O)(=O)[N+]1(c2ccc(Oc3ccc(S(C)(=O)=O)cc3)cc2)C=C(CN)C=CC1. The van der Waals surface area contributed by atoms with E-state index in [4.69, 9.17) is 10.5 Å². The number of nitrogens with zero attached hydrogens (tertiary/aromatic N) is 1. The summed E-state index contributed by atoms with van der Waals surface area (Å²) in [7, 11) is -6.79. The lowest BCUT2D eigenvalue weighted by Crippen LogP contribution is -2.51. The number of ether oxygens (including phenoxy) is 1. The second-order valence-corrected chi connectivity index (χ2v) is 11.4. The van der Waals surface area contributed by atoms with E-state index < -0.39 is 19.9 Å². The van der Waals surface area contributed by atoms with Crippen molar-refractivity contribution in [2.24, 2.45) is 5.73 Å². The van der Waals surface area contributed by atoms with Crippen molar-refractivity contribution in [2.75, 3.05) is 25.1 Å². The molecular weight excluding hydrogens is 424 g/mol. The maximum Gasteiger partial charge on any atom is 0.306 e. The Kier molecular flexibility index (Phi) is 6.19. The maximum atomic E-state index is 13.0. The van der Waals surface area contributed by atoms with Gasteiger partial charge >= 0.3 is 10.0 Å². The molecule has 0 radical (unpaired) electrons. The van der Waals surface area contributed by atoms with Crippen molar-refractivity contribution in [3.63, 3.8) is 0 Å².